The number of methoxy groups -OCH3 is 1. The normalized spacial score (nSPS) is 20.1. The number of benzene rings is 1. The van der Waals surface area contributed by atoms with Gasteiger partial charge in [-0.2, -0.15) is 0 Å². The number of amides is 1. The molecule has 0 radical (unpaired) electrons. The van der Waals surface area contributed by atoms with Gasteiger partial charge in [-0.15, -0.1) is 0 Å². The van der Waals surface area contributed by atoms with Crippen molar-refractivity contribution in [1.82, 2.24) is 5.32 Å². The summed E-state index contributed by atoms with van der Waals surface area (Å²) >= 11 is 0. The lowest BCUT2D eigenvalue weighted by Gasteiger charge is -2.11. The van der Waals surface area contributed by atoms with Gasteiger partial charge in [0.1, 0.15) is 5.75 Å². The molecule has 1 atom stereocenters. The molecule has 1 amide bonds. The molecule has 0 aliphatic carbocycles. The summed E-state index contributed by atoms with van der Waals surface area (Å²) in [6, 6.07) is 7.01. The number of carbonyl (C=O) groups is 1. The summed E-state index contributed by atoms with van der Waals surface area (Å²) in [4.78, 5) is 11.7. The van der Waals surface area contributed by atoms with E-state index in [0.29, 0.717) is 25.1 Å². The van der Waals surface area contributed by atoms with E-state index < -0.39 is 9.84 Å². The zero-order chi connectivity index (χ0) is 15.3. The predicted molar refractivity (Wildman–Crippen MR) is 81.3 cm³/mol. The van der Waals surface area contributed by atoms with Crippen LogP contribution in [0, 0.1) is 0 Å². The first kappa shape index (κ1) is 15.8. The molecule has 21 heavy (non-hydrogen) atoms. The molecule has 1 aliphatic rings. The number of hydrogen-bond donors (Lipinski definition) is 2. The van der Waals surface area contributed by atoms with Crippen LogP contribution < -0.4 is 15.4 Å². The molecule has 0 aromatic heterocycles. The standard InChI is InChI=1S/C14H20N2O4S/c1-20-12-6-4-11(5-7-12)16-14(17)10-15-9-13-3-2-8-21(13,18)19/h4-7,13,15H,2-3,8-10H2,1H3,(H,16,17). The quantitative estimate of drug-likeness (QED) is 0.812. The highest BCUT2D eigenvalue weighted by molar-refractivity contribution is 7.92. The molecule has 7 heteroatoms. The molecular weight excluding hydrogens is 292 g/mol. The Morgan fingerprint density at radius 1 is 1.33 bits per heavy atom. The Morgan fingerprint density at radius 3 is 2.62 bits per heavy atom. The minimum atomic E-state index is -2.96. The van der Waals surface area contributed by atoms with Crippen molar-refractivity contribution in [3.8, 4) is 5.75 Å². The lowest BCUT2D eigenvalue weighted by molar-refractivity contribution is -0.115. The zero-order valence-corrected chi connectivity index (χ0v) is 12.8. The van der Waals surface area contributed by atoms with Gasteiger partial charge in [-0.1, -0.05) is 0 Å². The molecule has 1 heterocycles. The van der Waals surface area contributed by atoms with Crippen LogP contribution in [-0.2, 0) is 14.6 Å². The van der Waals surface area contributed by atoms with E-state index >= 15 is 0 Å². The van der Waals surface area contributed by atoms with Crippen LogP contribution in [0.4, 0.5) is 5.69 Å². The van der Waals surface area contributed by atoms with Crippen molar-refractivity contribution >= 4 is 21.4 Å². The van der Waals surface area contributed by atoms with Crippen molar-refractivity contribution in [2.24, 2.45) is 0 Å². The van der Waals surface area contributed by atoms with Crippen molar-refractivity contribution in [3.05, 3.63) is 24.3 Å². The molecule has 0 bridgehead atoms. The van der Waals surface area contributed by atoms with Crippen molar-refractivity contribution < 1.29 is 17.9 Å². The summed E-state index contributed by atoms with van der Waals surface area (Å²) in [6.45, 7) is 0.427. The molecule has 1 aromatic rings. The lowest BCUT2D eigenvalue weighted by Crippen LogP contribution is -2.35. The fourth-order valence-electron chi connectivity index (χ4n) is 2.31. The second kappa shape index (κ2) is 6.91. The molecule has 1 aliphatic heterocycles. The number of hydrogen-bond acceptors (Lipinski definition) is 5. The van der Waals surface area contributed by atoms with Crippen LogP contribution in [0.5, 0.6) is 5.75 Å². The van der Waals surface area contributed by atoms with Gasteiger partial charge in [-0.3, -0.25) is 4.79 Å². The van der Waals surface area contributed by atoms with Crippen LogP contribution in [0.1, 0.15) is 12.8 Å². The van der Waals surface area contributed by atoms with Crippen LogP contribution in [0.2, 0.25) is 0 Å². The van der Waals surface area contributed by atoms with E-state index in [1.54, 1.807) is 31.4 Å². The monoisotopic (exact) mass is 312 g/mol. The molecule has 2 N–H and O–H groups in total. The van der Waals surface area contributed by atoms with E-state index in [-0.39, 0.29) is 23.5 Å². The van der Waals surface area contributed by atoms with E-state index in [1.807, 2.05) is 0 Å². The van der Waals surface area contributed by atoms with Gasteiger partial charge in [0.25, 0.3) is 0 Å². The number of nitrogens with one attached hydrogen (secondary N) is 2. The van der Waals surface area contributed by atoms with Gasteiger partial charge in [0.2, 0.25) is 5.91 Å². The Bertz CT molecular complexity index is 583. The second-order valence-corrected chi connectivity index (χ2v) is 7.44. The van der Waals surface area contributed by atoms with Crippen molar-refractivity contribution in [3.63, 3.8) is 0 Å². The Kier molecular flexibility index (Phi) is 5.19. The van der Waals surface area contributed by atoms with Crippen LogP contribution in [0.3, 0.4) is 0 Å². The molecule has 0 spiro atoms. The van der Waals surface area contributed by atoms with Crippen LogP contribution in [0.15, 0.2) is 24.3 Å². The van der Waals surface area contributed by atoms with Gasteiger partial charge in [0.15, 0.2) is 9.84 Å². The van der Waals surface area contributed by atoms with Gasteiger partial charge in [-0.05, 0) is 37.1 Å². The van der Waals surface area contributed by atoms with Crippen molar-refractivity contribution in [1.29, 1.82) is 0 Å². The smallest absolute Gasteiger partial charge is 0.238 e. The van der Waals surface area contributed by atoms with Crippen molar-refractivity contribution in [2.75, 3.05) is 31.3 Å². The molecule has 116 valence electrons. The van der Waals surface area contributed by atoms with Gasteiger partial charge >= 0.3 is 0 Å². The Hall–Kier alpha value is -1.60. The van der Waals surface area contributed by atoms with Gasteiger partial charge in [0, 0.05) is 12.2 Å². The minimum Gasteiger partial charge on any atom is -0.497 e. The van der Waals surface area contributed by atoms with Crippen LogP contribution in [-0.4, -0.2) is 45.5 Å². The Morgan fingerprint density at radius 2 is 2.05 bits per heavy atom. The summed E-state index contributed by atoms with van der Waals surface area (Å²) in [6.07, 6.45) is 1.39. The summed E-state index contributed by atoms with van der Waals surface area (Å²) in [5.41, 5.74) is 0.677. The van der Waals surface area contributed by atoms with Gasteiger partial charge in [0.05, 0.1) is 24.7 Å². The average molecular weight is 312 g/mol. The molecule has 0 saturated carbocycles. The fraction of sp³-hybridized carbons (Fsp3) is 0.500. The molecule has 1 fully saturated rings. The first-order valence-electron chi connectivity index (χ1n) is 6.87. The molecular formula is C14H20N2O4S. The maximum Gasteiger partial charge on any atom is 0.238 e. The highest BCUT2D eigenvalue weighted by Crippen LogP contribution is 2.19. The number of sulfone groups is 1. The molecule has 6 nitrogen and oxygen atoms in total. The van der Waals surface area contributed by atoms with Crippen molar-refractivity contribution in [2.45, 2.75) is 18.1 Å². The largest absolute Gasteiger partial charge is 0.497 e. The Labute approximate surface area is 124 Å². The number of ether oxygens (including phenoxy) is 1. The van der Waals surface area contributed by atoms with E-state index in [0.717, 1.165) is 5.75 Å². The SMILES string of the molecule is COc1ccc(NC(=O)CNCC2CCCS2(=O)=O)cc1. The third kappa shape index (κ3) is 4.44. The predicted octanol–water partition coefficient (Wildman–Crippen LogP) is 0.800. The highest BCUT2D eigenvalue weighted by atomic mass is 32.2. The maximum absolute atomic E-state index is 11.7. The first-order valence-corrected chi connectivity index (χ1v) is 8.59. The summed E-state index contributed by atoms with van der Waals surface area (Å²) in [5, 5.41) is 5.29. The third-order valence-electron chi connectivity index (χ3n) is 3.49. The topological polar surface area (TPSA) is 84.5 Å². The summed E-state index contributed by atoms with van der Waals surface area (Å²) in [5.74, 6) is 0.783. The fourth-order valence-corrected chi connectivity index (χ4v) is 4.11. The second-order valence-electron chi connectivity index (χ2n) is 5.04. The zero-order valence-electron chi connectivity index (χ0n) is 12.0. The summed E-state index contributed by atoms with van der Waals surface area (Å²) < 4.78 is 28.3. The van der Waals surface area contributed by atoms with Crippen LogP contribution >= 0.6 is 0 Å². The molecule has 1 unspecified atom stereocenters. The Balaban J connectivity index is 1.74. The number of carbonyl (C=O) groups excluding carboxylic acids is 1. The molecule has 1 aromatic carbocycles. The van der Waals surface area contributed by atoms with E-state index in [4.69, 9.17) is 4.74 Å². The summed E-state index contributed by atoms with van der Waals surface area (Å²) in [7, 11) is -1.38. The lowest BCUT2D eigenvalue weighted by atomic mass is 10.2. The maximum atomic E-state index is 11.7. The van der Waals surface area contributed by atoms with Crippen LogP contribution in [0.25, 0.3) is 0 Å². The average Bonchev–Trinajstić information content (AvgIpc) is 2.79. The van der Waals surface area contributed by atoms with Gasteiger partial charge < -0.3 is 15.4 Å². The minimum absolute atomic E-state index is 0.0953. The van der Waals surface area contributed by atoms with Gasteiger partial charge in [-0.25, -0.2) is 8.42 Å². The first-order chi connectivity index (χ1) is 10.0. The molecule has 2 rings (SSSR count). The third-order valence-corrected chi connectivity index (χ3v) is 5.77. The van der Waals surface area contributed by atoms with E-state index in [1.165, 1.54) is 0 Å². The highest BCUT2D eigenvalue weighted by Gasteiger charge is 2.30. The number of rotatable bonds is 6. The number of anilines is 1. The van der Waals surface area contributed by atoms with E-state index in [2.05, 4.69) is 10.6 Å². The van der Waals surface area contributed by atoms with E-state index in [9.17, 15) is 13.2 Å². The molecule has 1 saturated heterocycles.